The van der Waals surface area contributed by atoms with Crippen molar-refractivity contribution in [3.8, 4) is 11.5 Å². The SMILES string of the molecule is CCN(CC)c1ccc(C=NNC(=O)c2cc(OC)cc(OC)c2)cc1. The molecule has 6 nitrogen and oxygen atoms in total. The summed E-state index contributed by atoms with van der Waals surface area (Å²) >= 11 is 0. The predicted octanol–water partition coefficient (Wildman–Crippen LogP) is 3.31. The molecule has 0 bridgehead atoms. The van der Waals surface area contributed by atoms with Crippen LogP contribution in [0.1, 0.15) is 29.8 Å². The van der Waals surface area contributed by atoms with Gasteiger partial charge in [0.25, 0.3) is 5.91 Å². The van der Waals surface area contributed by atoms with Crippen molar-refractivity contribution in [3.63, 3.8) is 0 Å². The van der Waals surface area contributed by atoms with E-state index in [2.05, 4.69) is 29.3 Å². The Morgan fingerprint density at radius 2 is 1.62 bits per heavy atom. The van der Waals surface area contributed by atoms with Crippen LogP contribution in [-0.2, 0) is 0 Å². The number of rotatable bonds is 8. The summed E-state index contributed by atoms with van der Waals surface area (Å²) in [4.78, 5) is 14.5. The number of nitrogens with zero attached hydrogens (tertiary/aromatic N) is 2. The lowest BCUT2D eigenvalue weighted by atomic mass is 10.2. The predicted molar refractivity (Wildman–Crippen MR) is 105 cm³/mol. The first-order valence-corrected chi connectivity index (χ1v) is 8.52. The standard InChI is InChI=1S/C20H25N3O3/c1-5-23(6-2)17-9-7-15(8-10-17)14-21-22-20(24)16-11-18(25-3)13-19(12-16)26-4/h7-14H,5-6H2,1-4H3,(H,22,24). The molecule has 0 atom stereocenters. The van der Waals surface area contributed by atoms with Crippen LogP contribution >= 0.6 is 0 Å². The van der Waals surface area contributed by atoms with Crippen LogP contribution < -0.4 is 19.8 Å². The zero-order valence-corrected chi connectivity index (χ0v) is 15.7. The van der Waals surface area contributed by atoms with Gasteiger partial charge in [-0.05, 0) is 43.7 Å². The third-order valence-electron chi connectivity index (χ3n) is 4.02. The summed E-state index contributed by atoms with van der Waals surface area (Å²) in [5.74, 6) is 0.758. The molecule has 0 radical (unpaired) electrons. The topological polar surface area (TPSA) is 63.2 Å². The second kappa shape index (κ2) is 9.46. The van der Waals surface area contributed by atoms with Crippen LogP contribution in [0.15, 0.2) is 47.6 Å². The van der Waals surface area contributed by atoms with Gasteiger partial charge >= 0.3 is 0 Å². The highest BCUT2D eigenvalue weighted by molar-refractivity contribution is 5.95. The third kappa shape index (κ3) is 4.99. The molecule has 2 aromatic carbocycles. The van der Waals surface area contributed by atoms with Crippen molar-refractivity contribution in [2.75, 3.05) is 32.2 Å². The van der Waals surface area contributed by atoms with Crippen LogP contribution in [0.25, 0.3) is 0 Å². The zero-order valence-electron chi connectivity index (χ0n) is 15.7. The van der Waals surface area contributed by atoms with Crippen LogP contribution in [0.4, 0.5) is 5.69 Å². The molecule has 0 saturated heterocycles. The second-order valence-electron chi connectivity index (χ2n) is 5.56. The fourth-order valence-corrected chi connectivity index (χ4v) is 2.53. The van der Waals surface area contributed by atoms with Gasteiger partial charge in [0.1, 0.15) is 11.5 Å². The van der Waals surface area contributed by atoms with Crippen molar-refractivity contribution in [1.82, 2.24) is 5.43 Å². The number of carbonyl (C=O) groups excluding carboxylic acids is 1. The Morgan fingerprint density at radius 3 is 2.12 bits per heavy atom. The maximum Gasteiger partial charge on any atom is 0.271 e. The van der Waals surface area contributed by atoms with Crippen LogP contribution in [0, 0.1) is 0 Å². The highest BCUT2D eigenvalue weighted by Gasteiger charge is 2.09. The van der Waals surface area contributed by atoms with Crippen molar-refractivity contribution >= 4 is 17.8 Å². The van der Waals surface area contributed by atoms with Crippen molar-refractivity contribution in [2.24, 2.45) is 5.10 Å². The van der Waals surface area contributed by atoms with E-state index in [1.165, 1.54) is 19.9 Å². The first-order valence-electron chi connectivity index (χ1n) is 8.52. The monoisotopic (exact) mass is 355 g/mol. The van der Waals surface area contributed by atoms with E-state index < -0.39 is 0 Å². The van der Waals surface area contributed by atoms with Crippen molar-refractivity contribution in [2.45, 2.75) is 13.8 Å². The lowest BCUT2D eigenvalue weighted by Crippen LogP contribution is -2.21. The molecular weight excluding hydrogens is 330 g/mol. The van der Waals surface area contributed by atoms with E-state index in [0.29, 0.717) is 17.1 Å². The largest absolute Gasteiger partial charge is 0.497 e. The van der Waals surface area contributed by atoms with Crippen LogP contribution in [0.2, 0.25) is 0 Å². The van der Waals surface area contributed by atoms with Crippen LogP contribution in [-0.4, -0.2) is 39.4 Å². The minimum Gasteiger partial charge on any atom is -0.497 e. The molecule has 6 heteroatoms. The number of benzene rings is 2. The molecular formula is C20H25N3O3. The van der Waals surface area contributed by atoms with Gasteiger partial charge in [-0.1, -0.05) is 12.1 Å². The molecule has 0 spiro atoms. The van der Waals surface area contributed by atoms with Crippen molar-refractivity contribution in [1.29, 1.82) is 0 Å². The molecule has 0 aliphatic carbocycles. The average Bonchev–Trinajstić information content (AvgIpc) is 2.69. The number of anilines is 1. The molecule has 1 N–H and O–H groups in total. The molecule has 0 heterocycles. The molecule has 0 unspecified atom stereocenters. The summed E-state index contributed by atoms with van der Waals surface area (Å²) in [5, 5.41) is 4.02. The first kappa shape index (κ1) is 19.3. The second-order valence-corrected chi connectivity index (χ2v) is 5.56. The maximum absolute atomic E-state index is 12.2. The Hall–Kier alpha value is -3.02. The Labute approximate surface area is 154 Å². The Balaban J connectivity index is 2.02. The number of methoxy groups -OCH3 is 2. The van der Waals surface area contributed by atoms with E-state index in [9.17, 15) is 4.79 Å². The van der Waals surface area contributed by atoms with E-state index in [-0.39, 0.29) is 5.91 Å². The highest BCUT2D eigenvalue weighted by Crippen LogP contribution is 2.22. The number of hydrogen-bond donors (Lipinski definition) is 1. The number of hydrazone groups is 1. The van der Waals surface area contributed by atoms with Gasteiger partial charge in [0.2, 0.25) is 0 Å². The summed E-state index contributed by atoms with van der Waals surface area (Å²) < 4.78 is 10.3. The Morgan fingerprint density at radius 1 is 1.04 bits per heavy atom. The summed E-state index contributed by atoms with van der Waals surface area (Å²) in [6.07, 6.45) is 1.61. The van der Waals surface area contributed by atoms with Crippen LogP contribution in [0.5, 0.6) is 11.5 Å². The van der Waals surface area contributed by atoms with Crippen LogP contribution in [0.3, 0.4) is 0 Å². The quantitative estimate of drug-likeness (QED) is 0.583. The van der Waals surface area contributed by atoms with Gasteiger partial charge in [-0.25, -0.2) is 5.43 Å². The summed E-state index contributed by atoms with van der Waals surface area (Å²) in [6.45, 7) is 6.18. The van der Waals surface area contributed by atoms with Gasteiger partial charge < -0.3 is 14.4 Å². The van der Waals surface area contributed by atoms with E-state index in [1.807, 2.05) is 24.3 Å². The van der Waals surface area contributed by atoms with E-state index >= 15 is 0 Å². The minimum atomic E-state index is -0.335. The number of hydrogen-bond acceptors (Lipinski definition) is 5. The molecule has 1 amide bonds. The summed E-state index contributed by atoms with van der Waals surface area (Å²) in [5.41, 5.74) is 5.00. The molecule has 138 valence electrons. The van der Waals surface area contributed by atoms with E-state index in [1.54, 1.807) is 24.4 Å². The van der Waals surface area contributed by atoms with Crippen molar-refractivity contribution < 1.29 is 14.3 Å². The lowest BCUT2D eigenvalue weighted by molar-refractivity contribution is 0.0954. The smallest absolute Gasteiger partial charge is 0.271 e. The molecule has 2 aromatic rings. The fraction of sp³-hybridized carbons (Fsp3) is 0.300. The fourth-order valence-electron chi connectivity index (χ4n) is 2.53. The highest BCUT2D eigenvalue weighted by atomic mass is 16.5. The van der Waals surface area contributed by atoms with Gasteiger partial charge in [0.15, 0.2) is 0 Å². The van der Waals surface area contributed by atoms with Gasteiger partial charge in [0, 0.05) is 30.4 Å². The molecule has 0 aliphatic heterocycles. The van der Waals surface area contributed by atoms with Gasteiger partial charge in [0.05, 0.1) is 20.4 Å². The van der Waals surface area contributed by atoms with Gasteiger partial charge in [-0.2, -0.15) is 5.10 Å². The Bertz CT molecular complexity index is 731. The molecule has 0 aromatic heterocycles. The van der Waals surface area contributed by atoms with Crippen molar-refractivity contribution in [3.05, 3.63) is 53.6 Å². The van der Waals surface area contributed by atoms with E-state index in [0.717, 1.165) is 18.7 Å². The normalized spacial score (nSPS) is 10.6. The minimum absolute atomic E-state index is 0.335. The molecule has 0 saturated carbocycles. The maximum atomic E-state index is 12.2. The third-order valence-corrected chi connectivity index (χ3v) is 4.02. The number of amides is 1. The van der Waals surface area contributed by atoms with Gasteiger partial charge in [-0.3, -0.25) is 4.79 Å². The van der Waals surface area contributed by atoms with Gasteiger partial charge in [-0.15, -0.1) is 0 Å². The number of carbonyl (C=O) groups is 1. The Kier molecular flexibility index (Phi) is 7.02. The zero-order chi connectivity index (χ0) is 18.9. The first-order chi connectivity index (χ1) is 12.6. The molecule has 2 rings (SSSR count). The summed E-state index contributed by atoms with van der Waals surface area (Å²) in [7, 11) is 3.08. The molecule has 0 fully saturated rings. The summed E-state index contributed by atoms with van der Waals surface area (Å²) in [6, 6.07) is 13.0. The molecule has 0 aliphatic rings. The van der Waals surface area contributed by atoms with E-state index in [4.69, 9.17) is 9.47 Å². The average molecular weight is 355 g/mol. The molecule has 26 heavy (non-hydrogen) atoms. The lowest BCUT2D eigenvalue weighted by Gasteiger charge is -2.20. The number of nitrogens with one attached hydrogen (secondary N) is 1. The number of ether oxygens (including phenoxy) is 2.